The molecule has 104 valence electrons. The summed E-state index contributed by atoms with van der Waals surface area (Å²) < 4.78 is 1.91. The first-order valence-corrected chi connectivity index (χ1v) is 6.48. The van der Waals surface area contributed by atoms with Gasteiger partial charge in [-0.15, -0.1) is 0 Å². The normalized spacial score (nSPS) is 11.8. The van der Waals surface area contributed by atoms with Crippen LogP contribution in [-0.4, -0.2) is 14.5 Å². The van der Waals surface area contributed by atoms with E-state index in [4.69, 9.17) is 0 Å². The predicted octanol–water partition coefficient (Wildman–Crippen LogP) is 3.32. The van der Waals surface area contributed by atoms with Crippen molar-refractivity contribution in [3.8, 4) is 0 Å². The third-order valence-corrected chi connectivity index (χ3v) is 3.03. The topological polar surface area (TPSA) is 61.0 Å². The van der Waals surface area contributed by atoms with Crippen LogP contribution in [-0.2, 0) is 6.42 Å². The van der Waals surface area contributed by atoms with Crippen molar-refractivity contribution in [2.75, 3.05) is 0 Å². The molecule has 0 N–H and O–H groups in total. The van der Waals surface area contributed by atoms with E-state index in [9.17, 15) is 10.1 Å². The maximum absolute atomic E-state index is 11.2. The molecule has 0 saturated carbocycles. The Morgan fingerprint density at radius 2 is 2.10 bits per heavy atom. The van der Waals surface area contributed by atoms with E-state index in [2.05, 4.69) is 4.98 Å². The van der Waals surface area contributed by atoms with E-state index in [1.54, 1.807) is 18.6 Å². The van der Waals surface area contributed by atoms with Crippen molar-refractivity contribution < 1.29 is 4.92 Å². The first-order valence-electron chi connectivity index (χ1n) is 6.48. The Bertz CT molecular complexity index is 615. The molecule has 0 spiro atoms. The van der Waals surface area contributed by atoms with Crippen LogP contribution < -0.4 is 0 Å². The molecule has 0 aliphatic carbocycles. The molecule has 0 aliphatic heterocycles. The van der Waals surface area contributed by atoms with Crippen LogP contribution in [0.25, 0.3) is 6.08 Å². The highest BCUT2D eigenvalue weighted by Crippen LogP contribution is 2.16. The van der Waals surface area contributed by atoms with Gasteiger partial charge in [0.25, 0.3) is 5.70 Å². The van der Waals surface area contributed by atoms with Crippen LogP contribution in [0.3, 0.4) is 0 Å². The second kappa shape index (κ2) is 6.14. The van der Waals surface area contributed by atoms with Crippen LogP contribution in [0.15, 0.2) is 48.6 Å². The lowest BCUT2D eigenvalue weighted by Crippen LogP contribution is -2.05. The molecule has 0 radical (unpaired) electrons. The van der Waals surface area contributed by atoms with E-state index >= 15 is 0 Å². The van der Waals surface area contributed by atoms with Crippen molar-refractivity contribution in [2.24, 2.45) is 0 Å². The fourth-order valence-corrected chi connectivity index (χ4v) is 2.00. The molecule has 0 fully saturated rings. The lowest BCUT2D eigenvalue weighted by molar-refractivity contribution is -0.425. The van der Waals surface area contributed by atoms with Crippen molar-refractivity contribution in [1.29, 1.82) is 0 Å². The molecule has 0 amide bonds. The lowest BCUT2D eigenvalue weighted by atomic mass is 10.1. The van der Waals surface area contributed by atoms with Crippen molar-refractivity contribution in [1.82, 2.24) is 9.55 Å². The number of nitro groups is 1. The molecule has 5 nitrogen and oxygen atoms in total. The average molecular weight is 271 g/mol. The van der Waals surface area contributed by atoms with E-state index in [-0.39, 0.29) is 16.7 Å². The number of rotatable bonds is 5. The molecule has 5 heteroatoms. The van der Waals surface area contributed by atoms with Crippen LogP contribution in [0, 0.1) is 10.1 Å². The Morgan fingerprint density at radius 1 is 1.40 bits per heavy atom. The van der Waals surface area contributed by atoms with E-state index < -0.39 is 0 Å². The van der Waals surface area contributed by atoms with E-state index in [1.165, 1.54) is 0 Å². The molecule has 0 bridgehead atoms. The molecule has 1 aromatic heterocycles. The van der Waals surface area contributed by atoms with Gasteiger partial charge in [0, 0.05) is 12.1 Å². The lowest BCUT2D eigenvalue weighted by Gasteiger charge is -2.08. The number of benzene rings is 1. The van der Waals surface area contributed by atoms with Crippen LogP contribution in [0.2, 0.25) is 0 Å². The van der Waals surface area contributed by atoms with Crippen molar-refractivity contribution in [3.63, 3.8) is 0 Å². The zero-order valence-electron chi connectivity index (χ0n) is 11.6. The number of hydrogen-bond acceptors (Lipinski definition) is 3. The van der Waals surface area contributed by atoms with E-state index in [0.717, 1.165) is 11.3 Å². The van der Waals surface area contributed by atoms with Gasteiger partial charge in [0.05, 0.1) is 29.6 Å². The average Bonchev–Trinajstić information content (AvgIpc) is 2.87. The number of allylic oxidation sites excluding steroid dienone is 1. The molecule has 0 aliphatic rings. The van der Waals surface area contributed by atoms with Gasteiger partial charge >= 0.3 is 0 Å². The fraction of sp³-hybridized carbons (Fsp3) is 0.267. The molecule has 1 heterocycles. The highest BCUT2D eigenvalue weighted by molar-refractivity contribution is 5.47. The summed E-state index contributed by atoms with van der Waals surface area (Å²) in [6.07, 6.45) is 5.24. The minimum Gasteiger partial charge on any atom is -0.328 e. The second-order valence-corrected chi connectivity index (χ2v) is 4.87. The number of imidazole rings is 1. The smallest absolute Gasteiger partial charge is 0.252 e. The highest BCUT2D eigenvalue weighted by atomic mass is 16.6. The molecule has 0 atom stereocenters. The van der Waals surface area contributed by atoms with Gasteiger partial charge in [-0.2, -0.15) is 0 Å². The van der Waals surface area contributed by atoms with Crippen molar-refractivity contribution >= 4 is 6.08 Å². The summed E-state index contributed by atoms with van der Waals surface area (Å²) in [6.45, 7) is 4.03. The van der Waals surface area contributed by atoms with Gasteiger partial charge in [-0.1, -0.05) is 30.3 Å². The Hall–Kier alpha value is -2.43. The van der Waals surface area contributed by atoms with Gasteiger partial charge in [-0.3, -0.25) is 10.1 Å². The predicted molar refractivity (Wildman–Crippen MR) is 77.7 cm³/mol. The van der Waals surface area contributed by atoms with E-state index in [0.29, 0.717) is 6.42 Å². The summed E-state index contributed by atoms with van der Waals surface area (Å²) >= 11 is 0. The van der Waals surface area contributed by atoms with Crippen LogP contribution in [0.5, 0.6) is 0 Å². The van der Waals surface area contributed by atoms with Gasteiger partial charge < -0.3 is 4.57 Å². The summed E-state index contributed by atoms with van der Waals surface area (Å²) in [5.74, 6) is 0. The number of hydrogen-bond donors (Lipinski definition) is 0. The molecule has 0 saturated heterocycles. The monoisotopic (exact) mass is 271 g/mol. The van der Waals surface area contributed by atoms with Crippen LogP contribution in [0.4, 0.5) is 0 Å². The molecular formula is C15H17N3O2. The largest absolute Gasteiger partial charge is 0.328 e. The zero-order chi connectivity index (χ0) is 14.5. The zero-order valence-corrected chi connectivity index (χ0v) is 11.6. The first kappa shape index (κ1) is 14.0. The SMILES string of the molecule is CC(C)n1cncc1C=C(Cc1ccccc1)[N+](=O)[O-]. The Balaban J connectivity index is 2.31. The Labute approximate surface area is 117 Å². The molecule has 2 rings (SSSR count). The molecule has 2 aromatic rings. The summed E-state index contributed by atoms with van der Waals surface area (Å²) in [4.78, 5) is 14.9. The van der Waals surface area contributed by atoms with Crippen LogP contribution in [0.1, 0.15) is 31.1 Å². The van der Waals surface area contributed by atoms with Crippen molar-refractivity contribution in [3.05, 3.63) is 69.9 Å². The van der Waals surface area contributed by atoms with Gasteiger partial charge in [0.1, 0.15) is 0 Å². The van der Waals surface area contributed by atoms with Gasteiger partial charge in [-0.25, -0.2) is 4.98 Å². The third kappa shape index (κ3) is 3.32. The van der Waals surface area contributed by atoms with Gasteiger partial charge in [-0.05, 0) is 19.4 Å². The summed E-state index contributed by atoms with van der Waals surface area (Å²) in [5.41, 5.74) is 1.84. The second-order valence-electron chi connectivity index (χ2n) is 4.87. The summed E-state index contributed by atoms with van der Waals surface area (Å²) in [6, 6.07) is 9.64. The standard InChI is InChI=1S/C15H17N3O2/c1-12(2)17-11-16-10-15(17)9-14(18(19)20)8-13-6-4-3-5-7-13/h3-7,9-12H,8H2,1-2H3. The minimum atomic E-state index is -0.329. The van der Waals surface area contributed by atoms with E-state index in [1.807, 2.05) is 48.7 Å². The van der Waals surface area contributed by atoms with Gasteiger partial charge in [0.15, 0.2) is 0 Å². The fourth-order valence-electron chi connectivity index (χ4n) is 2.00. The third-order valence-electron chi connectivity index (χ3n) is 3.03. The summed E-state index contributed by atoms with van der Waals surface area (Å²) in [7, 11) is 0. The number of nitrogens with zero attached hydrogens (tertiary/aromatic N) is 3. The Morgan fingerprint density at radius 3 is 2.70 bits per heavy atom. The summed E-state index contributed by atoms with van der Waals surface area (Å²) in [5, 5.41) is 11.2. The number of aromatic nitrogens is 2. The first-order chi connectivity index (χ1) is 9.58. The maximum atomic E-state index is 11.2. The van der Waals surface area contributed by atoms with Gasteiger partial charge in [0.2, 0.25) is 0 Å². The van der Waals surface area contributed by atoms with Crippen molar-refractivity contribution in [2.45, 2.75) is 26.3 Å². The molecule has 1 aromatic carbocycles. The highest BCUT2D eigenvalue weighted by Gasteiger charge is 2.14. The molecular weight excluding hydrogens is 254 g/mol. The quantitative estimate of drug-likeness (QED) is 0.619. The molecule has 20 heavy (non-hydrogen) atoms. The maximum Gasteiger partial charge on any atom is 0.252 e. The Kier molecular flexibility index (Phi) is 4.30. The molecule has 0 unspecified atom stereocenters. The minimum absolute atomic E-state index is 0.165. The van der Waals surface area contributed by atoms with Crippen LogP contribution >= 0.6 is 0 Å².